The molecule has 4 rings (SSSR count). The molecule has 2 aliphatic rings. The molecule has 2 aromatic rings. The van der Waals surface area contributed by atoms with Gasteiger partial charge in [-0.25, -0.2) is 0 Å². The van der Waals surface area contributed by atoms with E-state index in [1.807, 2.05) is 35.2 Å². The summed E-state index contributed by atoms with van der Waals surface area (Å²) in [5.41, 5.74) is 4.70. The standard InChI is InChI=1S/C23H26N2O2/c1-27-19-13-11-18(12-14-19)16-25-22(24-15-17-7-3-2-4-8-17)20-9-5-6-10-21(20)23(25)26/h2-4,7-8,11-14,22,24H,5-6,9-10,15-16H2,1H3/t22-/m0/s1. The van der Waals surface area contributed by atoms with Crippen molar-refractivity contribution in [1.82, 2.24) is 10.2 Å². The maximum absolute atomic E-state index is 13.1. The lowest BCUT2D eigenvalue weighted by atomic mass is 9.92. The van der Waals surface area contributed by atoms with Gasteiger partial charge >= 0.3 is 0 Å². The highest BCUT2D eigenvalue weighted by Gasteiger charge is 2.39. The SMILES string of the molecule is COc1ccc(CN2C(=O)C3=C(CCCC3)[C@H]2NCc2ccccc2)cc1. The highest BCUT2D eigenvalue weighted by atomic mass is 16.5. The summed E-state index contributed by atoms with van der Waals surface area (Å²) in [6.45, 7) is 1.37. The molecule has 0 unspecified atom stereocenters. The van der Waals surface area contributed by atoms with Crippen LogP contribution in [-0.4, -0.2) is 24.1 Å². The zero-order chi connectivity index (χ0) is 18.6. The first-order valence-corrected chi connectivity index (χ1v) is 9.69. The predicted molar refractivity (Wildman–Crippen MR) is 106 cm³/mol. The number of nitrogens with zero attached hydrogens (tertiary/aromatic N) is 1. The number of methoxy groups -OCH3 is 1. The van der Waals surface area contributed by atoms with Crippen LogP contribution in [0.1, 0.15) is 36.8 Å². The van der Waals surface area contributed by atoms with Gasteiger partial charge in [0.15, 0.2) is 0 Å². The molecule has 140 valence electrons. The van der Waals surface area contributed by atoms with Crippen LogP contribution < -0.4 is 10.1 Å². The molecule has 0 fully saturated rings. The molecule has 0 bridgehead atoms. The number of benzene rings is 2. The van der Waals surface area contributed by atoms with Crippen LogP contribution in [0.15, 0.2) is 65.7 Å². The quantitative estimate of drug-likeness (QED) is 0.844. The maximum atomic E-state index is 13.1. The summed E-state index contributed by atoms with van der Waals surface area (Å²) in [6, 6.07) is 18.4. The van der Waals surface area contributed by atoms with Crippen LogP contribution in [0.5, 0.6) is 5.75 Å². The van der Waals surface area contributed by atoms with E-state index in [-0.39, 0.29) is 12.1 Å². The summed E-state index contributed by atoms with van der Waals surface area (Å²) in [5, 5.41) is 3.64. The molecule has 0 aromatic heterocycles. The molecular formula is C23H26N2O2. The van der Waals surface area contributed by atoms with Crippen LogP contribution in [0.2, 0.25) is 0 Å². The molecule has 1 heterocycles. The van der Waals surface area contributed by atoms with Crippen LogP contribution in [0.25, 0.3) is 0 Å². The summed E-state index contributed by atoms with van der Waals surface area (Å²) in [4.78, 5) is 15.1. The molecular weight excluding hydrogens is 336 g/mol. The van der Waals surface area contributed by atoms with Crippen LogP contribution in [0.4, 0.5) is 0 Å². The van der Waals surface area contributed by atoms with Gasteiger partial charge < -0.3 is 9.64 Å². The summed E-state index contributed by atoms with van der Waals surface area (Å²) in [5.74, 6) is 1.04. The molecule has 1 aliphatic heterocycles. The fourth-order valence-corrected chi connectivity index (χ4v) is 4.09. The Morgan fingerprint density at radius 2 is 1.74 bits per heavy atom. The molecule has 0 radical (unpaired) electrons. The zero-order valence-corrected chi connectivity index (χ0v) is 15.8. The number of nitrogens with one attached hydrogen (secondary N) is 1. The second kappa shape index (κ2) is 7.97. The Hall–Kier alpha value is -2.59. The van der Waals surface area contributed by atoms with Gasteiger partial charge in [0.1, 0.15) is 11.9 Å². The minimum Gasteiger partial charge on any atom is -0.497 e. The van der Waals surface area contributed by atoms with Crippen molar-refractivity contribution in [3.8, 4) is 5.75 Å². The van der Waals surface area contributed by atoms with Gasteiger partial charge in [-0.1, -0.05) is 42.5 Å². The van der Waals surface area contributed by atoms with Crippen LogP contribution in [0, 0.1) is 0 Å². The summed E-state index contributed by atoms with van der Waals surface area (Å²) in [7, 11) is 1.67. The molecule has 4 nitrogen and oxygen atoms in total. The summed E-state index contributed by atoms with van der Waals surface area (Å²) >= 11 is 0. The van der Waals surface area contributed by atoms with Gasteiger partial charge in [-0.3, -0.25) is 10.1 Å². The monoisotopic (exact) mass is 362 g/mol. The lowest BCUT2D eigenvalue weighted by molar-refractivity contribution is -0.128. The molecule has 0 spiro atoms. The van der Waals surface area contributed by atoms with E-state index in [1.54, 1.807) is 7.11 Å². The van der Waals surface area contributed by atoms with E-state index in [1.165, 1.54) is 17.6 Å². The van der Waals surface area contributed by atoms with E-state index >= 15 is 0 Å². The van der Waals surface area contributed by atoms with Crippen molar-refractivity contribution in [3.63, 3.8) is 0 Å². The number of rotatable bonds is 6. The van der Waals surface area contributed by atoms with Crippen molar-refractivity contribution >= 4 is 5.91 Å². The van der Waals surface area contributed by atoms with E-state index in [9.17, 15) is 4.79 Å². The van der Waals surface area contributed by atoms with Crippen LogP contribution in [-0.2, 0) is 17.9 Å². The maximum Gasteiger partial charge on any atom is 0.251 e. The molecule has 0 saturated carbocycles. The van der Waals surface area contributed by atoms with Crippen LogP contribution in [0.3, 0.4) is 0 Å². The number of hydrogen-bond acceptors (Lipinski definition) is 3. The van der Waals surface area contributed by atoms with Gasteiger partial charge in [0.2, 0.25) is 0 Å². The Morgan fingerprint density at radius 3 is 2.48 bits per heavy atom. The Kier molecular flexibility index (Phi) is 5.26. The first-order chi connectivity index (χ1) is 13.3. The smallest absolute Gasteiger partial charge is 0.251 e. The molecule has 1 N–H and O–H groups in total. The second-order valence-corrected chi connectivity index (χ2v) is 7.26. The molecule has 1 aliphatic carbocycles. The van der Waals surface area contributed by atoms with Gasteiger partial charge in [-0.2, -0.15) is 0 Å². The number of carbonyl (C=O) groups is 1. The molecule has 2 aromatic carbocycles. The van der Waals surface area contributed by atoms with Gasteiger partial charge in [0.25, 0.3) is 5.91 Å². The van der Waals surface area contributed by atoms with E-state index < -0.39 is 0 Å². The molecule has 1 atom stereocenters. The van der Waals surface area contributed by atoms with Crippen molar-refractivity contribution in [3.05, 3.63) is 76.9 Å². The first kappa shape index (κ1) is 17.8. The van der Waals surface area contributed by atoms with Gasteiger partial charge in [-0.05, 0) is 54.5 Å². The van der Waals surface area contributed by atoms with Gasteiger partial charge in [0, 0.05) is 18.7 Å². The molecule has 1 amide bonds. The van der Waals surface area contributed by atoms with Crippen molar-refractivity contribution in [2.24, 2.45) is 0 Å². The third kappa shape index (κ3) is 3.76. The van der Waals surface area contributed by atoms with Crippen molar-refractivity contribution in [2.75, 3.05) is 7.11 Å². The molecule has 0 saturated heterocycles. The van der Waals surface area contributed by atoms with Crippen molar-refractivity contribution < 1.29 is 9.53 Å². The highest BCUT2D eigenvalue weighted by molar-refractivity contribution is 5.97. The van der Waals surface area contributed by atoms with Crippen molar-refractivity contribution in [2.45, 2.75) is 44.9 Å². The van der Waals surface area contributed by atoms with Gasteiger partial charge in [0.05, 0.1) is 7.11 Å². The van der Waals surface area contributed by atoms with E-state index in [0.29, 0.717) is 6.54 Å². The predicted octanol–water partition coefficient (Wildman–Crippen LogP) is 4.02. The van der Waals surface area contributed by atoms with Crippen LogP contribution >= 0.6 is 0 Å². The third-order valence-electron chi connectivity index (χ3n) is 5.53. The third-order valence-corrected chi connectivity index (χ3v) is 5.53. The number of ether oxygens (including phenoxy) is 1. The largest absolute Gasteiger partial charge is 0.497 e. The Morgan fingerprint density at radius 1 is 1.00 bits per heavy atom. The highest BCUT2D eigenvalue weighted by Crippen LogP contribution is 2.36. The molecule has 27 heavy (non-hydrogen) atoms. The summed E-state index contributed by atoms with van der Waals surface area (Å²) < 4.78 is 5.25. The normalized spacial score (nSPS) is 19.4. The zero-order valence-electron chi connectivity index (χ0n) is 15.8. The second-order valence-electron chi connectivity index (χ2n) is 7.26. The minimum atomic E-state index is -0.00453. The number of amides is 1. The average molecular weight is 362 g/mol. The molecule has 4 heteroatoms. The Bertz CT molecular complexity index is 827. The van der Waals surface area contributed by atoms with E-state index in [4.69, 9.17) is 4.74 Å². The number of hydrogen-bond donors (Lipinski definition) is 1. The lowest BCUT2D eigenvalue weighted by Gasteiger charge is -2.28. The van der Waals surface area contributed by atoms with Crippen molar-refractivity contribution in [1.29, 1.82) is 0 Å². The fourth-order valence-electron chi connectivity index (χ4n) is 4.09. The first-order valence-electron chi connectivity index (χ1n) is 9.69. The topological polar surface area (TPSA) is 41.6 Å². The Labute approximate surface area is 160 Å². The van der Waals surface area contributed by atoms with E-state index in [0.717, 1.165) is 42.7 Å². The summed E-state index contributed by atoms with van der Waals surface area (Å²) in [6.07, 6.45) is 4.22. The number of carbonyl (C=O) groups excluding carboxylic acids is 1. The average Bonchev–Trinajstić information content (AvgIpc) is 2.99. The lowest BCUT2D eigenvalue weighted by Crippen LogP contribution is -2.44. The minimum absolute atomic E-state index is 0.00453. The Balaban J connectivity index is 1.54. The van der Waals surface area contributed by atoms with E-state index in [2.05, 4.69) is 29.6 Å². The fraction of sp³-hybridized carbons (Fsp3) is 0.348. The van der Waals surface area contributed by atoms with Gasteiger partial charge in [-0.15, -0.1) is 0 Å².